The van der Waals surface area contributed by atoms with Crippen LogP contribution in [-0.4, -0.2) is 54.2 Å². The molecule has 2 aromatic heterocycles. The van der Waals surface area contributed by atoms with Gasteiger partial charge in [0.1, 0.15) is 12.0 Å². The molecule has 0 radical (unpaired) electrons. The number of unbranched alkanes of at least 4 members (excludes halogenated alkanes) is 2. The van der Waals surface area contributed by atoms with Crippen LogP contribution in [-0.2, 0) is 25.5 Å². The van der Waals surface area contributed by atoms with E-state index in [1.807, 2.05) is 12.1 Å². The molecular weight excluding hydrogens is 576 g/mol. The number of nitrogens with two attached hydrogens (primary N) is 2. The Morgan fingerprint density at radius 1 is 0.886 bits per heavy atom. The number of carbonyl (C=O) groups excluding carboxylic acids is 6. The van der Waals surface area contributed by atoms with Gasteiger partial charge in [-0.1, -0.05) is 25.5 Å². The van der Waals surface area contributed by atoms with E-state index in [9.17, 15) is 28.8 Å². The Hall–Kier alpha value is -5.66. The molecule has 4 rings (SSSR count). The van der Waals surface area contributed by atoms with E-state index < -0.39 is 17.9 Å². The Bertz CT molecular complexity index is 1420. The van der Waals surface area contributed by atoms with E-state index in [1.54, 1.807) is 18.2 Å². The summed E-state index contributed by atoms with van der Waals surface area (Å²) >= 11 is 0. The highest BCUT2D eigenvalue weighted by molar-refractivity contribution is 6.12. The molecule has 234 valence electrons. The average Bonchev–Trinajstić information content (AvgIpc) is 3.77. The summed E-state index contributed by atoms with van der Waals surface area (Å²) in [7, 11) is 1.23. The second-order valence-corrected chi connectivity index (χ2v) is 8.97. The summed E-state index contributed by atoms with van der Waals surface area (Å²) < 4.78 is 18.9. The summed E-state index contributed by atoms with van der Waals surface area (Å²) in [5.74, 6) is -1.27. The van der Waals surface area contributed by atoms with Crippen LogP contribution in [0, 0.1) is 0 Å². The highest BCUT2D eigenvalue weighted by Crippen LogP contribution is 2.15. The van der Waals surface area contributed by atoms with Gasteiger partial charge in [0, 0.05) is 31.2 Å². The second-order valence-electron chi connectivity index (χ2n) is 8.97. The molecule has 5 amide bonds. The molecule has 0 bridgehead atoms. The number of ether oxygens (including phenoxy) is 2. The number of nitrogens with zero attached hydrogens (tertiary/aromatic N) is 1. The van der Waals surface area contributed by atoms with Gasteiger partial charge in [-0.25, -0.2) is 4.79 Å². The predicted octanol–water partition coefficient (Wildman–Crippen LogP) is 3.58. The van der Waals surface area contributed by atoms with E-state index >= 15 is 0 Å². The van der Waals surface area contributed by atoms with E-state index in [0.717, 1.165) is 12.8 Å². The number of esters is 1. The zero-order chi connectivity index (χ0) is 32.5. The van der Waals surface area contributed by atoms with Crippen molar-refractivity contribution in [2.45, 2.75) is 39.0 Å². The van der Waals surface area contributed by atoms with Gasteiger partial charge in [-0.3, -0.25) is 34.2 Å². The van der Waals surface area contributed by atoms with Gasteiger partial charge < -0.3 is 29.8 Å². The first-order valence-electron chi connectivity index (χ1n) is 13.4. The molecule has 14 nitrogen and oxygen atoms in total. The normalized spacial score (nSPS) is 11.5. The minimum atomic E-state index is -0.696. The molecule has 14 heteroatoms. The number of furan rings is 2. The first-order chi connectivity index (χ1) is 21.0. The van der Waals surface area contributed by atoms with Crippen LogP contribution >= 0.6 is 0 Å². The number of carbonyl (C=O) groups is 6. The molecule has 0 spiro atoms. The maximum absolute atomic E-state index is 11.7. The Labute approximate surface area is 252 Å². The number of nitrogens with one attached hydrogen (secondary N) is 1. The number of amides is 5. The van der Waals surface area contributed by atoms with Gasteiger partial charge in [0.2, 0.25) is 0 Å². The van der Waals surface area contributed by atoms with Crippen LogP contribution in [0.1, 0.15) is 59.3 Å². The minimum absolute atomic E-state index is 0.0218. The maximum Gasteiger partial charge on any atom is 0.411 e. The van der Waals surface area contributed by atoms with Crippen LogP contribution < -0.4 is 21.5 Å². The van der Waals surface area contributed by atoms with Crippen molar-refractivity contribution in [3.63, 3.8) is 0 Å². The second kappa shape index (κ2) is 18.0. The van der Waals surface area contributed by atoms with Crippen molar-refractivity contribution < 1.29 is 47.1 Å². The smallest absolute Gasteiger partial charge is 0.411 e. The van der Waals surface area contributed by atoms with E-state index in [0.29, 0.717) is 37.2 Å². The zero-order valence-corrected chi connectivity index (χ0v) is 24.3. The van der Waals surface area contributed by atoms with Crippen molar-refractivity contribution in [1.29, 1.82) is 0 Å². The number of methoxy groups -OCH3 is 1. The van der Waals surface area contributed by atoms with Crippen molar-refractivity contribution in [2.24, 2.45) is 11.5 Å². The average molecular weight is 611 g/mol. The molecule has 1 aliphatic rings. The number of imide groups is 1. The molecule has 0 saturated heterocycles. The zero-order valence-electron chi connectivity index (χ0n) is 24.3. The molecule has 0 atom stereocenters. The molecule has 1 aromatic carbocycles. The molecule has 5 N–H and O–H groups in total. The largest absolute Gasteiger partial charge is 0.459 e. The Kier molecular flexibility index (Phi) is 14.1. The van der Waals surface area contributed by atoms with Gasteiger partial charge in [-0.2, -0.15) is 0 Å². The van der Waals surface area contributed by atoms with Gasteiger partial charge in [-0.15, -0.1) is 0 Å². The fraction of sp³-hybridized carbons (Fsp3) is 0.267. The van der Waals surface area contributed by atoms with Crippen LogP contribution in [0.2, 0.25) is 0 Å². The van der Waals surface area contributed by atoms with Crippen molar-refractivity contribution in [2.75, 3.05) is 19.0 Å². The Morgan fingerprint density at radius 2 is 1.55 bits per heavy atom. The lowest BCUT2D eigenvalue weighted by molar-refractivity contribution is -0.137. The monoisotopic (exact) mass is 610 g/mol. The van der Waals surface area contributed by atoms with Crippen molar-refractivity contribution in [3.8, 4) is 5.75 Å². The molecule has 3 heterocycles. The van der Waals surface area contributed by atoms with Crippen LogP contribution in [0.3, 0.4) is 0 Å². The number of benzene rings is 1. The number of anilines is 1. The topological polar surface area (TPSA) is 214 Å². The molecule has 0 saturated carbocycles. The third-order valence-corrected chi connectivity index (χ3v) is 5.76. The van der Waals surface area contributed by atoms with E-state index in [1.165, 1.54) is 54.4 Å². The lowest BCUT2D eigenvalue weighted by Crippen LogP contribution is -2.30. The van der Waals surface area contributed by atoms with Crippen molar-refractivity contribution in [1.82, 2.24) is 4.90 Å². The molecule has 44 heavy (non-hydrogen) atoms. The van der Waals surface area contributed by atoms with Crippen LogP contribution in [0.25, 0.3) is 0 Å². The first kappa shape index (κ1) is 34.5. The number of rotatable bonds is 11. The SMILES string of the molecule is CCc1ccc(OC(=O)CCCCCN2C(=O)C=CC2=O)cc1.COC(=O)Nc1coc(C(N)=O)c1.NC(=O)c1ccco1. The Balaban J connectivity index is 0.000000268. The molecule has 0 aliphatic carbocycles. The molecule has 0 unspecified atom stereocenters. The van der Waals surface area contributed by atoms with Gasteiger partial charge in [0.05, 0.1) is 19.1 Å². The van der Waals surface area contributed by atoms with Crippen LogP contribution in [0.5, 0.6) is 5.75 Å². The molecule has 0 fully saturated rings. The summed E-state index contributed by atoms with van der Waals surface area (Å²) in [5, 5.41) is 2.30. The lowest BCUT2D eigenvalue weighted by Gasteiger charge is -2.12. The number of primary amides is 2. The summed E-state index contributed by atoms with van der Waals surface area (Å²) in [5.41, 5.74) is 11.3. The first-order valence-corrected chi connectivity index (χ1v) is 13.4. The fourth-order valence-electron chi connectivity index (χ4n) is 3.46. The molecule has 1 aliphatic heterocycles. The summed E-state index contributed by atoms with van der Waals surface area (Å²) in [4.78, 5) is 67.1. The van der Waals surface area contributed by atoms with Crippen LogP contribution in [0.4, 0.5) is 10.5 Å². The van der Waals surface area contributed by atoms with Gasteiger partial charge in [0.25, 0.3) is 23.6 Å². The number of aryl methyl sites for hydroxylation is 1. The quantitative estimate of drug-likeness (QED) is 0.124. The van der Waals surface area contributed by atoms with Crippen molar-refractivity contribution >= 4 is 41.4 Å². The summed E-state index contributed by atoms with van der Waals surface area (Å²) in [6, 6.07) is 11.9. The fourth-order valence-corrected chi connectivity index (χ4v) is 3.46. The number of hydrogen-bond donors (Lipinski definition) is 3. The summed E-state index contributed by atoms with van der Waals surface area (Å²) in [6.45, 7) is 2.47. The van der Waals surface area contributed by atoms with Gasteiger partial charge in [-0.05, 0) is 49.1 Å². The van der Waals surface area contributed by atoms with E-state index in [-0.39, 0.29) is 29.3 Å². The number of hydrogen-bond acceptors (Lipinski definition) is 10. The molecule has 3 aromatic rings. The highest BCUT2D eigenvalue weighted by atomic mass is 16.5. The maximum atomic E-state index is 11.7. The van der Waals surface area contributed by atoms with Crippen LogP contribution in [0.15, 0.2) is 76.0 Å². The minimum Gasteiger partial charge on any atom is -0.459 e. The lowest BCUT2D eigenvalue weighted by atomic mass is 10.1. The molecular formula is C30H34N4O10. The highest BCUT2D eigenvalue weighted by Gasteiger charge is 2.22. The Morgan fingerprint density at radius 3 is 2.05 bits per heavy atom. The summed E-state index contributed by atoms with van der Waals surface area (Å²) in [6.07, 6.45) is 7.93. The third kappa shape index (κ3) is 12.1. The van der Waals surface area contributed by atoms with Gasteiger partial charge >= 0.3 is 12.1 Å². The standard InChI is InChI=1S/C18H21NO4.C7H8N2O4.C5H5NO2/c1-2-14-7-9-15(10-8-14)23-18(22)6-4-3-5-13-19-16(20)11-12-17(19)21;1-12-7(11)9-4-2-5(6(8)10)13-3-4;6-5(7)4-2-1-3-8-4/h7-12H,2-6,13H2,1H3;2-3H,1H3,(H2,8,10)(H,9,11);1-3H,(H2,6,7). The van der Waals surface area contributed by atoms with E-state index in [2.05, 4.69) is 21.4 Å². The van der Waals surface area contributed by atoms with Crippen molar-refractivity contribution in [3.05, 3.63) is 84.2 Å². The van der Waals surface area contributed by atoms with Gasteiger partial charge in [0.15, 0.2) is 11.5 Å². The third-order valence-electron chi connectivity index (χ3n) is 5.76. The predicted molar refractivity (Wildman–Crippen MR) is 156 cm³/mol. The van der Waals surface area contributed by atoms with E-state index in [4.69, 9.17) is 20.6 Å².